The molecule has 0 N–H and O–H groups in total. The van der Waals surface area contributed by atoms with Crippen molar-refractivity contribution in [1.82, 2.24) is 0 Å². The van der Waals surface area contributed by atoms with Crippen molar-refractivity contribution >= 4 is 34.6 Å². The van der Waals surface area contributed by atoms with E-state index in [4.69, 9.17) is 0 Å². The molecule has 1 fully saturated rings. The van der Waals surface area contributed by atoms with Gasteiger partial charge in [0.1, 0.15) is 0 Å². The van der Waals surface area contributed by atoms with E-state index >= 15 is 0 Å². The van der Waals surface area contributed by atoms with Crippen LogP contribution in [0.4, 0.5) is 26.3 Å². The molecule has 0 aromatic heterocycles. The number of hydrogen-bond donors (Lipinski definition) is 0. The van der Waals surface area contributed by atoms with Gasteiger partial charge in [0.25, 0.3) is 0 Å². The standard InChI is InChI=1S/C29H37.2C7H4F3.C5H5.CH2.2ClH.Zr/c1-18-25-22-17-19-13-9-10-14-20(19)24(22)21-15-11-12-16-23(21)29(25,8)28(6,7)27(4,5)26(18,2)3;2*8-7(9,10)6-4-2-1-3-5-6;1-2-4-5-3-1;;;;/h9-11,13-15,23H,12,16-17H2,1-8H3;2*1-2,4-5H;1-3H,4H2;1H2;2*1H;/q4*-1;;;;. The van der Waals surface area contributed by atoms with Gasteiger partial charge in [-0.25, -0.2) is 18.1 Å². The zero-order valence-corrected chi connectivity index (χ0v) is 38.6. The molecule has 9 heteroatoms. The molecule has 3 aromatic rings. The minimum absolute atomic E-state index is 0. The van der Waals surface area contributed by atoms with Crippen LogP contribution >= 0.6 is 24.8 Å². The van der Waals surface area contributed by atoms with Crippen LogP contribution in [0.2, 0.25) is 0 Å². The average Bonchev–Trinajstić information content (AvgIpc) is 3.88. The van der Waals surface area contributed by atoms with Gasteiger partial charge < -0.3 is 0 Å². The van der Waals surface area contributed by atoms with Crippen molar-refractivity contribution in [2.24, 2.45) is 27.6 Å². The molecule has 2 unspecified atom stereocenters. The Morgan fingerprint density at radius 1 is 0.759 bits per heavy atom. The molecule has 0 heterocycles. The topological polar surface area (TPSA) is 0 Å². The second kappa shape index (κ2) is 20.1. The van der Waals surface area contributed by atoms with E-state index in [2.05, 4.69) is 120 Å². The van der Waals surface area contributed by atoms with Crippen LogP contribution in [0.3, 0.4) is 0 Å². The third-order valence-electron chi connectivity index (χ3n) is 13.4. The summed E-state index contributed by atoms with van der Waals surface area (Å²) in [6, 6.07) is 23.2. The number of rotatable bonds is 0. The van der Waals surface area contributed by atoms with Gasteiger partial charge in [0.05, 0.1) is 0 Å². The van der Waals surface area contributed by atoms with Crippen LogP contribution in [-0.2, 0) is 43.0 Å². The first-order valence-electron chi connectivity index (χ1n) is 18.9. The molecule has 0 saturated heterocycles. The van der Waals surface area contributed by atoms with Crippen LogP contribution in [0.1, 0.15) is 96.9 Å². The van der Waals surface area contributed by atoms with Crippen LogP contribution in [0.15, 0.2) is 120 Å². The Hall–Kier alpha value is -2.86. The van der Waals surface area contributed by atoms with E-state index in [0.717, 1.165) is 37.1 Å². The molecule has 0 spiro atoms. The summed E-state index contributed by atoms with van der Waals surface area (Å²) in [4.78, 5) is 0. The van der Waals surface area contributed by atoms with Crippen LogP contribution in [-0.4, -0.2) is 4.21 Å². The van der Waals surface area contributed by atoms with Crippen molar-refractivity contribution in [2.45, 2.75) is 93.4 Å². The van der Waals surface area contributed by atoms with Crippen molar-refractivity contribution in [1.29, 1.82) is 0 Å². The summed E-state index contributed by atoms with van der Waals surface area (Å²) in [6.45, 7) is 20.3. The first kappa shape index (κ1) is 51.3. The molecule has 5 aliphatic rings. The van der Waals surface area contributed by atoms with E-state index < -0.39 is 23.5 Å². The number of allylic oxidation sites excluding steroid dienone is 10. The van der Waals surface area contributed by atoms with Crippen molar-refractivity contribution in [2.75, 3.05) is 0 Å². The van der Waals surface area contributed by atoms with Gasteiger partial charge in [0.2, 0.25) is 0 Å². The second-order valence-corrected chi connectivity index (χ2v) is 16.3. The van der Waals surface area contributed by atoms with E-state index in [-0.39, 0.29) is 46.5 Å². The first-order valence-corrected chi connectivity index (χ1v) is 20.6. The van der Waals surface area contributed by atoms with Crippen molar-refractivity contribution in [3.63, 3.8) is 0 Å². The van der Waals surface area contributed by atoms with Gasteiger partial charge in [-0.2, -0.15) is 104 Å². The summed E-state index contributed by atoms with van der Waals surface area (Å²) >= 11 is 1.30. The molecule has 3 aromatic carbocycles. The van der Waals surface area contributed by atoms with Gasteiger partial charge in [-0.15, -0.1) is 38.2 Å². The Labute approximate surface area is 370 Å². The monoisotopic (exact) mass is 916 g/mol. The quantitative estimate of drug-likeness (QED) is 0.156. The maximum atomic E-state index is 11.8. The predicted molar refractivity (Wildman–Crippen MR) is 228 cm³/mol. The Kier molecular flexibility index (Phi) is 17.8. The van der Waals surface area contributed by atoms with Crippen LogP contribution in [0.5, 0.6) is 0 Å². The van der Waals surface area contributed by atoms with Crippen LogP contribution < -0.4 is 0 Å². The third kappa shape index (κ3) is 9.85. The van der Waals surface area contributed by atoms with Crippen molar-refractivity contribution in [3.8, 4) is 0 Å². The molecular formula is C49H54Cl2F6Zr-4. The maximum absolute atomic E-state index is 11.8. The van der Waals surface area contributed by atoms with E-state index in [1.807, 2.05) is 12.2 Å². The molecule has 0 amide bonds. The summed E-state index contributed by atoms with van der Waals surface area (Å²) < 4.78 is 73.9. The van der Waals surface area contributed by atoms with E-state index in [0.29, 0.717) is 5.92 Å². The van der Waals surface area contributed by atoms with Gasteiger partial charge in [-0.1, -0.05) is 125 Å². The summed E-state index contributed by atoms with van der Waals surface area (Å²) in [5.74, 6) is 2.24. The van der Waals surface area contributed by atoms with Crippen LogP contribution in [0.25, 0.3) is 5.57 Å². The second-order valence-electron chi connectivity index (χ2n) is 16.3. The molecule has 1 saturated carbocycles. The Bertz CT molecular complexity index is 1910. The number of halogens is 8. The fourth-order valence-electron chi connectivity index (χ4n) is 9.05. The van der Waals surface area contributed by atoms with E-state index in [1.54, 1.807) is 28.2 Å². The fourth-order valence-corrected chi connectivity index (χ4v) is 9.05. The van der Waals surface area contributed by atoms with Gasteiger partial charge in [0, 0.05) is 0 Å². The normalized spacial score (nSPS) is 22.2. The Morgan fingerprint density at radius 3 is 1.74 bits per heavy atom. The molecule has 0 aliphatic heterocycles. The van der Waals surface area contributed by atoms with Crippen molar-refractivity contribution < 1.29 is 50.6 Å². The van der Waals surface area contributed by atoms with Gasteiger partial charge in [-0.3, -0.25) is 6.08 Å². The zero-order valence-electron chi connectivity index (χ0n) is 34.5. The molecular weight excluding hydrogens is 865 g/mol. The number of fused-ring (bicyclic) bond motifs is 6. The van der Waals surface area contributed by atoms with Gasteiger partial charge in [0.15, 0.2) is 0 Å². The zero-order chi connectivity index (χ0) is 41.7. The SMILES string of the molecule is C[C-]1C2=C3Cc4ccccc4C3=C3C=CCCC3C2(C)C(C)(C)C(C)(C)C1(C)C.Cl.Cl.FC(F)(F)c1c[c-]ccc1.FC(F)(F)c1c[c-]ccc1.[C-]1=CC=CC1.[CH2]=[Zr]. The summed E-state index contributed by atoms with van der Waals surface area (Å²) in [7, 11) is 0. The number of hydrogen-bond acceptors (Lipinski definition) is 0. The molecule has 5 aliphatic carbocycles. The summed E-state index contributed by atoms with van der Waals surface area (Å²) in [6.07, 6.45) is 10.0. The van der Waals surface area contributed by atoms with Crippen molar-refractivity contribution in [3.05, 3.63) is 166 Å². The Morgan fingerprint density at radius 2 is 1.31 bits per heavy atom. The molecule has 58 heavy (non-hydrogen) atoms. The molecule has 0 radical (unpaired) electrons. The first-order chi connectivity index (χ1) is 26.2. The van der Waals surface area contributed by atoms with E-state index in [1.165, 1.54) is 72.5 Å². The molecule has 2 atom stereocenters. The fraction of sp³-hybridized carbons (Fsp3) is 0.388. The molecule has 0 nitrogen and oxygen atoms in total. The average molecular weight is 919 g/mol. The van der Waals surface area contributed by atoms with Crippen LogP contribution in [0, 0.1) is 51.7 Å². The number of benzene rings is 3. The minimum atomic E-state index is -4.24. The Balaban J connectivity index is 0.000000328. The van der Waals surface area contributed by atoms with Gasteiger partial charge >= 0.3 is 40.8 Å². The summed E-state index contributed by atoms with van der Waals surface area (Å²) in [5, 5.41) is 0. The summed E-state index contributed by atoms with van der Waals surface area (Å²) in [5.41, 5.74) is 8.98. The molecule has 8 rings (SSSR count). The third-order valence-corrected chi connectivity index (χ3v) is 13.4. The van der Waals surface area contributed by atoms with Gasteiger partial charge in [-0.05, 0) is 40.6 Å². The predicted octanol–water partition coefficient (Wildman–Crippen LogP) is 15.1. The molecule has 0 bridgehead atoms. The number of alkyl halides is 6. The molecule has 314 valence electrons. The van der Waals surface area contributed by atoms with E-state index in [9.17, 15) is 26.3 Å².